The maximum absolute atomic E-state index is 12.4. The Morgan fingerprint density at radius 1 is 1.09 bits per heavy atom. The maximum atomic E-state index is 12.4. The van der Waals surface area contributed by atoms with E-state index < -0.39 is 15.8 Å². The van der Waals surface area contributed by atoms with Gasteiger partial charge in [-0.25, -0.2) is 4.98 Å². The second kappa shape index (κ2) is 9.65. The van der Waals surface area contributed by atoms with Gasteiger partial charge in [0.25, 0.3) is 17.3 Å². The Balaban J connectivity index is 1.29. The quantitative estimate of drug-likeness (QED) is 0.393. The van der Waals surface area contributed by atoms with Crippen LogP contribution in [-0.2, 0) is 0 Å². The van der Waals surface area contributed by atoms with Crippen LogP contribution in [0.5, 0.6) is 0 Å². The molecule has 4 rings (SSSR count). The predicted octanol–water partition coefficient (Wildman–Crippen LogP) is 3.32. The zero-order valence-electron chi connectivity index (χ0n) is 17.3. The molecule has 2 aromatic carbocycles. The number of nitro groups is 2. The van der Waals surface area contributed by atoms with E-state index in [2.05, 4.69) is 20.1 Å². The van der Waals surface area contributed by atoms with Crippen LogP contribution in [0.15, 0.2) is 36.4 Å². The van der Waals surface area contributed by atoms with Gasteiger partial charge in [-0.3, -0.25) is 29.9 Å². The van der Waals surface area contributed by atoms with Gasteiger partial charge in [0.15, 0.2) is 5.13 Å². The molecule has 1 fully saturated rings. The van der Waals surface area contributed by atoms with Crippen LogP contribution in [0.2, 0.25) is 5.02 Å². The zero-order valence-corrected chi connectivity index (χ0v) is 18.8. The van der Waals surface area contributed by atoms with Crippen molar-refractivity contribution in [1.29, 1.82) is 0 Å². The fraction of sp³-hybridized carbons (Fsp3) is 0.300. The van der Waals surface area contributed by atoms with E-state index in [1.54, 1.807) is 12.1 Å². The average Bonchev–Trinajstić information content (AvgIpc) is 3.22. The van der Waals surface area contributed by atoms with Crippen LogP contribution in [0.4, 0.5) is 16.5 Å². The Morgan fingerprint density at radius 3 is 2.55 bits per heavy atom. The number of hydrogen-bond acceptors (Lipinski definition) is 9. The summed E-state index contributed by atoms with van der Waals surface area (Å²) >= 11 is 7.31. The van der Waals surface area contributed by atoms with Gasteiger partial charge in [0, 0.05) is 62.5 Å². The SMILES string of the molecule is O=C(NCCN1CCN(c2nc3ccc([N+](=O)[O-])cc3s2)CC1)c1cc(Cl)ccc1[N+](=O)[O-]. The highest BCUT2D eigenvalue weighted by Gasteiger charge is 2.22. The minimum absolute atomic E-state index is 0.0488. The summed E-state index contributed by atoms with van der Waals surface area (Å²) in [4.78, 5) is 42.4. The third kappa shape index (κ3) is 5.18. The molecule has 1 amide bonds. The van der Waals surface area contributed by atoms with Crippen molar-refractivity contribution in [3.05, 3.63) is 67.2 Å². The van der Waals surface area contributed by atoms with Gasteiger partial charge in [-0.2, -0.15) is 0 Å². The number of carbonyl (C=O) groups is 1. The summed E-state index contributed by atoms with van der Waals surface area (Å²) in [6.45, 7) is 3.91. The molecule has 11 nitrogen and oxygen atoms in total. The topological polar surface area (TPSA) is 135 Å². The summed E-state index contributed by atoms with van der Waals surface area (Å²) in [5.74, 6) is -0.536. The number of benzene rings is 2. The Labute approximate surface area is 196 Å². The molecular formula is C20H19ClN6O5S. The number of amides is 1. The first-order valence-electron chi connectivity index (χ1n) is 10.1. The molecule has 0 spiro atoms. The molecule has 0 aliphatic carbocycles. The van der Waals surface area contributed by atoms with E-state index in [-0.39, 0.29) is 22.0 Å². The molecule has 172 valence electrons. The van der Waals surface area contributed by atoms with Crippen LogP contribution in [0.25, 0.3) is 10.2 Å². The molecule has 1 saturated heterocycles. The smallest absolute Gasteiger partial charge is 0.282 e. The van der Waals surface area contributed by atoms with E-state index in [1.165, 1.54) is 35.6 Å². The first-order valence-corrected chi connectivity index (χ1v) is 11.3. The van der Waals surface area contributed by atoms with Gasteiger partial charge < -0.3 is 10.2 Å². The number of anilines is 1. The second-order valence-electron chi connectivity index (χ2n) is 7.41. The van der Waals surface area contributed by atoms with E-state index in [0.29, 0.717) is 13.1 Å². The van der Waals surface area contributed by atoms with Crippen molar-refractivity contribution in [3.63, 3.8) is 0 Å². The molecule has 3 aromatic rings. The number of halogens is 1. The summed E-state index contributed by atoms with van der Waals surface area (Å²) in [7, 11) is 0. The van der Waals surface area contributed by atoms with Gasteiger partial charge in [-0.1, -0.05) is 22.9 Å². The van der Waals surface area contributed by atoms with Gasteiger partial charge >= 0.3 is 0 Å². The second-order valence-corrected chi connectivity index (χ2v) is 8.85. The molecule has 0 unspecified atom stereocenters. The lowest BCUT2D eigenvalue weighted by molar-refractivity contribution is -0.385. The first-order chi connectivity index (χ1) is 15.8. The number of nitrogens with zero attached hydrogens (tertiary/aromatic N) is 5. The number of thiazole rings is 1. The zero-order chi connectivity index (χ0) is 23.5. The van der Waals surface area contributed by atoms with E-state index in [0.717, 1.165) is 41.5 Å². The van der Waals surface area contributed by atoms with Crippen molar-refractivity contribution in [1.82, 2.24) is 15.2 Å². The van der Waals surface area contributed by atoms with Gasteiger partial charge in [-0.05, 0) is 18.2 Å². The van der Waals surface area contributed by atoms with Crippen LogP contribution >= 0.6 is 22.9 Å². The summed E-state index contributed by atoms with van der Waals surface area (Å²) in [6, 6.07) is 8.55. The number of carbonyl (C=O) groups excluding carboxylic acids is 1. The first kappa shape index (κ1) is 22.8. The summed E-state index contributed by atoms with van der Waals surface area (Å²) < 4.78 is 0.777. The average molecular weight is 491 g/mol. The summed E-state index contributed by atoms with van der Waals surface area (Å²) in [6.07, 6.45) is 0. The lowest BCUT2D eigenvalue weighted by Crippen LogP contribution is -2.48. The molecule has 0 saturated carbocycles. The van der Waals surface area contributed by atoms with Crippen LogP contribution in [0.3, 0.4) is 0 Å². The predicted molar refractivity (Wildman–Crippen MR) is 125 cm³/mol. The van der Waals surface area contributed by atoms with Crippen molar-refractivity contribution in [2.24, 2.45) is 0 Å². The number of aromatic nitrogens is 1. The molecule has 1 aliphatic heterocycles. The minimum atomic E-state index is -0.606. The number of fused-ring (bicyclic) bond motifs is 1. The molecule has 1 aliphatic rings. The molecule has 0 radical (unpaired) electrons. The van der Waals surface area contributed by atoms with Gasteiger partial charge in [0.05, 0.1) is 20.1 Å². The van der Waals surface area contributed by atoms with Crippen LogP contribution < -0.4 is 10.2 Å². The maximum Gasteiger partial charge on any atom is 0.282 e. The van der Waals surface area contributed by atoms with E-state index in [1.807, 2.05) is 0 Å². The molecule has 0 bridgehead atoms. The lowest BCUT2D eigenvalue weighted by Gasteiger charge is -2.34. The lowest BCUT2D eigenvalue weighted by atomic mass is 10.1. The molecule has 2 heterocycles. The molecule has 1 aromatic heterocycles. The summed E-state index contributed by atoms with van der Waals surface area (Å²) in [5, 5.41) is 25.9. The molecular weight excluding hydrogens is 472 g/mol. The Bertz CT molecular complexity index is 1230. The number of rotatable bonds is 7. The molecule has 1 N–H and O–H groups in total. The van der Waals surface area contributed by atoms with Crippen molar-refractivity contribution < 1.29 is 14.6 Å². The highest BCUT2D eigenvalue weighted by molar-refractivity contribution is 7.22. The van der Waals surface area contributed by atoms with Gasteiger partial charge in [0.1, 0.15) is 5.56 Å². The van der Waals surface area contributed by atoms with E-state index >= 15 is 0 Å². The van der Waals surface area contributed by atoms with Gasteiger partial charge in [0.2, 0.25) is 0 Å². The normalized spacial score (nSPS) is 14.4. The Hall–Kier alpha value is -3.35. The number of piperazine rings is 1. The number of non-ortho nitro benzene ring substituents is 1. The van der Waals surface area contributed by atoms with Crippen molar-refractivity contribution in [2.75, 3.05) is 44.2 Å². The Kier molecular flexibility index (Phi) is 6.67. The van der Waals surface area contributed by atoms with E-state index in [9.17, 15) is 25.0 Å². The largest absolute Gasteiger partial charge is 0.351 e. The van der Waals surface area contributed by atoms with Crippen molar-refractivity contribution in [2.45, 2.75) is 0 Å². The third-order valence-corrected chi connectivity index (χ3v) is 6.64. The third-order valence-electron chi connectivity index (χ3n) is 5.33. The Morgan fingerprint density at radius 2 is 1.85 bits per heavy atom. The van der Waals surface area contributed by atoms with Crippen molar-refractivity contribution in [3.8, 4) is 0 Å². The molecule has 0 atom stereocenters. The van der Waals surface area contributed by atoms with E-state index in [4.69, 9.17) is 11.6 Å². The summed E-state index contributed by atoms with van der Waals surface area (Å²) in [5.41, 5.74) is 0.439. The highest BCUT2D eigenvalue weighted by Crippen LogP contribution is 2.31. The van der Waals surface area contributed by atoms with Crippen molar-refractivity contribution >= 4 is 55.6 Å². The number of hydrogen-bond donors (Lipinski definition) is 1. The van der Waals surface area contributed by atoms with Gasteiger partial charge in [-0.15, -0.1) is 0 Å². The molecule has 33 heavy (non-hydrogen) atoms. The highest BCUT2D eigenvalue weighted by atomic mass is 35.5. The monoisotopic (exact) mass is 490 g/mol. The number of nitrogens with one attached hydrogen (secondary N) is 1. The minimum Gasteiger partial charge on any atom is -0.351 e. The fourth-order valence-electron chi connectivity index (χ4n) is 3.58. The fourth-order valence-corrected chi connectivity index (χ4v) is 4.81. The van der Waals surface area contributed by atoms with Crippen LogP contribution in [0.1, 0.15) is 10.4 Å². The van der Waals surface area contributed by atoms with Crippen LogP contribution in [-0.4, -0.2) is 64.9 Å². The molecule has 13 heteroatoms. The van der Waals surface area contributed by atoms with Crippen LogP contribution in [0, 0.1) is 20.2 Å². The number of nitro benzene ring substituents is 2. The standard InChI is InChI=1S/C20H19ClN6O5S/c21-13-1-4-17(27(31)32)15(11-13)19(28)22-5-6-24-7-9-25(10-8-24)20-23-16-3-2-14(26(29)30)12-18(16)33-20/h1-4,11-12H,5-10H2,(H,22,28).